The Morgan fingerprint density at radius 2 is 1.65 bits per heavy atom. The fraction of sp³-hybridized carbons (Fsp3) is 0.269. The summed E-state index contributed by atoms with van der Waals surface area (Å²) in [4.78, 5) is 8.84. The standard InChI is InChI=1S/C26H23FN2O4S/c1-34-17-8-6-15(7-9-17)14-2-4-16(5-3-14)24-18(27)10-19-20(29-24)11-23(28-19)33-22-13-32-25-21(30)12-31-26(22)25/h2-11,21-22,25-26,28,30H,12-13H2,1H3/t21-,22-,25-,26-/m1/s1. The summed E-state index contributed by atoms with van der Waals surface area (Å²) in [5.41, 5.74) is 4.31. The lowest BCUT2D eigenvalue weighted by Gasteiger charge is -2.16. The molecule has 4 atom stereocenters. The Morgan fingerprint density at radius 3 is 2.38 bits per heavy atom. The van der Waals surface area contributed by atoms with Crippen molar-refractivity contribution in [3.63, 3.8) is 0 Å². The summed E-state index contributed by atoms with van der Waals surface area (Å²) >= 11 is 1.71. The van der Waals surface area contributed by atoms with Gasteiger partial charge in [-0.1, -0.05) is 36.4 Å². The van der Waals surface area contributed by atoms with Crippen molar-refractivity contribution in [3.05, 3.63) is 66.5 Å². The van der Waals surface area contributed by atoms with Gasteiger partial charge >= 0.3 is 0 Å². The molecule has 2 aromatic heterocycles. The Kier molecular flexibility index (Phi) is 5.53. The number of benzene rings is 2. The Balaban J connectivity index is 1.24. The molecule has 6 nitrogen and oxygen atoms in total. The fourth-order valence-corrected chi connectivity index (χ4v) is 4.99. The van der Waals surface area contributed by atoms with Crippen LogP contribution in [0, 0.1) is 5.82 Å². The molecule has 2 fully saturated rings. The van der Waals surface area contributed by atoms with Gasteiger partial charge in [-0.2, -0.15) is 0 Å². The molecule has 174 valence electrons. The van der Waals surface area contributed by atoms with Crippen LogP contribution in [0.4, 0.5) is 4.39 Å². The number of ether oxygens (including phenoxy) is 3. The average Bonchev–Trinajstić information content (AvgIpc) is 3.55. The number of hydrogen-bond acceptors (Lipinski definition) is 6. The molecule has 8 heteroatoms. The first-order valence-corrected chi connectivity index (χ1v) is 12.3. The molecule has 6 rings (SSSR count). The SMILES string of the molecule is CSc1ccc(-c2ccc(-c3nc4cc(O[C@@H]5CO[C@H]6[C@@H]5OC[C@H]6O)[nH]c4cc3F)cc2)cc1. The first-order chi connectivity index (χ1) is 16.6. The van der Waals surface area contributed by atoms with Crippen LogP contribution in [0.15, 0.2) is 65.6 Å². The van der Waals surface area contributed by atoms with Crippen LogP contribution in [0.1, 0.15) is 0 Å². The summed E-state index contributed by atoms with van der Waals surface area (Å²) in [6, 6.07) is 19.3. The van der Waals surface area contributed by atoms with Crippen LogP contribution in [0.2, 0.25) is 0 Å². The maximum atomic E-state index is 15.0. The minimum atomic E-state index is -0.638. The summed E-state index contributed by atoms with van der Waals surface area (Å²) in [6.07, 6.45) is 0.369. The third-order valence-corrected chi connectivity index (χ3v) is 7.12. The first-order valence-electron chi connectivity index (χ1n) is 11.1. The normalized spacial score (nSPS) is 24.0. The largest absolute Gasteiger partial charge is 0.470 e. The van der Waals surface area contributed by atoms with Crippen LogP contribution in [0.5, 0.6) is 5.88 Å². The van der Waals surface area contributed by atoms with E-state index < -0.39 is 11.9 Å². The van der Waals surface area contributed by atoms with E-state index in [-0.39, 0.29) is 30.6 Å². The highest BCUT2D eigenvalue weighted by Crippen LogP contribution is 2.32. The van der Waals surface area contributed by atoms with Crippen molar-refractivity contribution in [2.75, 3.05) is 19.5 Å². The highest BCUT2D eigenvalue weighted by Gasteiger charge is 2.48. The fourth-order valence-electron chi connectivity index (χ4n) is 4.58. The zero-order valence-electron chi connectivity index (χ0n) is 18.4. The Labute approximate surface area is 200 Å². The van der Waals surface area contributed by atoms with Crippen LogP contribution in [0.3, 0.4) is 0 Å². The Hall–Kier alpha value is -2.91. The van der Waals surface area contributed by atoms with Gasteiger partial charge in [0.2, 0.25) is 0 Å². The van der Waals surface area contributed by atoms with Gasteiger partial charge in [-0.05, 0) is 29.5 Å². The number of nitrogens with one attached hydrogen (secondary N) is 1. The van der Waals surface area contributed by atoms with Crippen LogP contribution < -0.4 is 4.74 Å². The van der Waals surface area contributed by atoms with Gasteiger partial charge in [0, 0.05) is 22.6 Å². The first kappa shape index (κ1) is 21.6. The topological polar surface area (TPSA) is 76.6 Å². The van der Waals surface area contributed by atoms with E-state index in [0.29, 0.717) is 29.1 Å². The van der Waals surface area contributed by atoms with Crippen molar-refractivity contribution >= 4 is 22.8 Å². The van der Waals surface area contributed by atoms with Gasteiger partial charge in [0.1, 0.15) is 24.0 Å². The van der Waals surface area contributed by atoms with Gasteiger partial charge < -0.3 is 24.3 Å². The molecule has 0 spiro atoms. The summed E-state index contributed by atoms with van der Waals surface area (Å²) in [6.45, 7) is 0.557. The molecule has 34 heavy (non-hydrogen) atoms. The molecule has 0 aliphatic carbocycles. The van der Waals surface area contributed by atoms with Gasteiger partial charge in [-0.3, -0.25) is 0 Å². The predicted molar refractivity (Wildman–Crippen MR) is 129 cm³/mol. The minimum absolute atomic E-state index is 0.236. The van der Waals surface area contributed by atoms with Gasteiger partial charge in [-0.25, -0.2) is 9.37 Å². The molecule has 0 unspecified atom stereocenters. The molecule has 2 aromatic carbocycles. The number of thioether (sulfide) groups is 1. The zero-order chi connectivity index (χ0) is 23.2. The predicted octanol–water partition coefficient (Wildman–Crippen LogP) is 4.66. The third-order valence-electron chi connectivity index (χ3n) is 6.37. The summed E-state index contributed by atoms with van der Waals surface area (Å²) in [5, 5.41) is 9.90. The Morgan fingerprint density at radius 1 is 0.971 bits per heavy atom. The third kappa shape index (κ3) is 3.86. The van der Waals surface area contributed by atoms with Gasteiger partial charge in [0.05, 0.1) is 24.2 Å². The Bertz CT molecular complexity index is 1330. The number of fused-ring (bicyclic) bond motifs is 2. The molecule has 2 aliphatic heterocycles. The van der Waals surface area contributed by atoms with Crippen molar-refractivity contribution < 1.29 is 23.7 Å². The van der Waals surface area contributed by atoms with Gasteiger partial charge in [0.25, 0.3) is 0 Å². The number of aliphatic hydroxyl groups excluding tert-OH is 1. The molecule has 0 radical (unpaired) electrons. The molecule has 2 saturated heterocycles. The molecule has 0 amide bonds. The highest BCUT2D eigenvalue weighted by atomic mass is 32.2. The number of rotatable bonds is 5. The van der Waals surface area contributed by atoms with E-state index in [1.54, 1.807) is 17.8 Å². The second kappa shape index (κ2) is 8.70. The number of aliphatic hydroxyl groups is 1. The number of aromatic nitrogens is 2. The maximum Gasteiger partial charge on any atom is 0.193 e. The lowest BCUT2D eigenvalue weighted by atomic mass is 10.0. The molecule has 4 aromatic rings. The molecule has 2 N–H and O–H groups in total. The minimum Gasteiger partial charge on any atom is -0.470 e. The van der Waals surface area contributed by atoms with E-state index in [2.05, 4.69) is 40.5 Å². The average molecular weight is 479 g/mol. The highest BCUT2D eigenvalue weighted by molar-refractivity contribution is 7.98. The molecule has 4 heterocycles. The van der Waals surface area contributed by atoms with E-state index in [1.807, 2.05) is 24.3 Å². The van der Waals surface area contributed by atoms with E-state index in [4.69, 9.17) is 14.2 Å². The van der Waals surface area contributed by atoms with Gasteiger partial charge in [0.15, 0.2) is 17.8 Å². The van der Waals surface area contributed by atoms with E-state index in [9.17, 15) is 9.50 Å². The lowest BCUT2D eigenvalue weighted by molar-refractivity contribution is 0.00794. The molecule has 0 bridgehead atoms. The van der Waals surface area contributed by atoms with Gasteiger partial charge in [-0.15, -0.1) is 11.8 Å². The van der Waals surface area contributed by atoms with Crippen molar-refractivity contribution in [1.82, 2.24) is 9.97 Å². The number of hydrogen-bond donors (Lipinski definition) is 2. The number of aromatic amines is 1. The van der Waals surface area contributed by atoms with Crippen molar-refractivity contribution in [3.8, 4) is 28.3 Å². The van der Waals surface area contributed by atoms with E-state index in [0.717, 1.165) is 11.1 Å². The van der Waals surface area contributed by atoms with Crippen LogP contribution in [-0.2, 0) is 9.47 Å². The maximum absolute atomic E-state index is 15.0. The van der Waals surface area contributed by atoms with Crippen LogP contribution in [0.25, 0.3) is 33.4 Å². The zero-order valence-corrected chi connectivity index (χ0v) is 19.2. The molecule has 2 aliphatic rings. The number of nitrogens with zero attached hydrogens (tertiary/aromatic N) is 1. The second-order valence-corrected chi connectivity index (χ2v) is 9.39. The van der Waals surface area contributed by atoms with Crippen LogP contribution in [-0.4, -0.2) is 59.0 Å². The summed E-state index contributed by atoms with van der Waals surface area (Å²) in [7, 11) is 0. The molecule has 0 saturated carbocycles. The lowest BCUT2D eigenvalue weighted by Crippen LogP contribution is -2.34. The second-order valence-electron chi connectivity index (χ2n) is 8.51. The van der Waals surface area contributed by atoms with Crippen molar-refractivity contribution in [2.45, 2.75) is 29.3 Å². The number of H-pyrrole nitrogens is 1. The monoisotopic (exact) mass is 478 g/mol. The van der Waals surface area contributed by atoms with Crippen molar-refractivity contribution in [1.29, 1.82) is 0 Å². The molecular formula is C26H23FN2O4S. The van der Waals surface area contributed by atoms with Crippen LogP contribution >= 0.6 is 11.8 Å². The number of pyridine rings is 1. The quantitative estimate of drug-likeness (QED) is 0.406. The van der Waals surface area contributed by atoms with Crippen molar-refractivity contribution in [2.24, 2.45) is 0 Å². The number of halogens is 1. The summed E-state index contributed by atoms with van der Waals surface area (Å²) in [5.74, 6) is 0.0480. The molecular weight excluding hydrogens is 455 g/mol. The smallest absolute Gasteiger partial charge is 0.193 e. The van der Waals surface area contributed by atoms with E-state index in [1.165, 1.54) is 11.0 Å². The van der Waals surface area contributed by atoms with E-state index >= 15 is 0 Å². The summed E-state index contributed by atoms with van der Waals surface area (Å²) < 4.78 is 32.2.